The molecule has 1 aromatic heterocycles. The Bertz CT molecular complexity index is 1690. The van der Waals surface area contributed by atoms with Gasteiger partial charge in [-0.1, -0.05) is 29.8 Å². The number of hydrogen-bond donors (Lipinski definition) is 2. The fraction of sp³-hybridized carbons (Fsp3) is 0.500. The van der Waals surface area contributed by atoms with Crippen LogP contribution in [0.1, 0.15) is 78.2 Å². The minimum absolute atomic E-state index is 0.102. The van der Waals surface area contributed by atoms with Gasteiger partial charge in [-0.2, -0.15) is 0 Å². The summed E-state index contributed by atoms with van der Waals surface area (Å²) < 4.78 is 41.5. The van der Waals surface area contributed by atoms with Gasteiger partial charge < -0.3 is 19.2 Å². The van der Waals surface area contributed by atoms with Crippen molar-refractivity contribution in [1.82, 2.24) is 14.9 Å². The van der Waals surface area contributed by atoms with Crippen molar-refractivity contribution in [1.29, 1.82) is 0 Å². The molecular weight excluding hydrogens is 628 g/mol. The molecule has 3 heterocycles. The van der Waals surface area contributed by atoms with Crippen molar-refractivity contribution in [2.24, 2.45) is 11.8 Å². The Hall–Kier alpha value is -3.41. The van der Waals surface area contributed by atoms with Gasteiger partial charge >= 0.3 is 0 Å². The van der Waals surface area contributed by atoms with Crippen LogP contribution in [0.3, 0.4) is 0 Å². The number of aromatic nitrogens is 2. The third-order valence-electron chi connectivity index (χ3n) is 9.52. The van der Waals surface area contributed by atoms with Crippen LogP contribution in [0.15, 0.2) is 53.0 Å². The highest BCUT2D eigenvalue weighted by molar-refractivity contribution is 7.90. The van der Waals surface area contributed by atoms with Crippen LogP contribution in [0.4, 0.5) is 5.69 Å². The van der Waals surface area contributed by atoms with Crippen molar-refractivity contribution in [3.63, 3.8) is 0 Å². The van der Waals surface area contributed by atoms with Gasteiger partial charge in [0.1, 0.15) is 12.4 Å². The Kier molecular flexibility index (Phi) is 10.0. The van der Waals surface area contributed by atoms with Crippen LogP contribution in [0, 0.1) is 18.8 Å². The molecule has 4 atom stereocenters. The lowest BCUT2D eigenvalue weighted by Crippen LogP contribution is -2.43. The Morgan fingerprint density at radius 1 is 1.09 bits per heavy atom. The number of nitrogens with one attached hydrogen (secondary N) is 1. The molecule has 1 saturated carbocycles. The number of ether oxygens (including phenoxy) is 1. The van der Waals surface area contributed by atoms with Crippen molar-refractivity contribution in [2.75, 3.05) is 18.0 Å². The lowest BCUT2D eigenvalue weighted by atomic mass is 9.70. The van der Waals surface area contributed by atoms with Gasteiger partial charge in [0.2, 0.25) is 21.8 Å². The van der Waals surface area contributed by atoms with Gasteiger partial charge in [-0.05, 0) is 105 Å². The van der Waals surface area contributed by atoms with Crippen LogP contribution < -0.4 is 14.4 Å². The van der Waals surface area contributed by atoms with Gasteiger partial charge in [0.15, 0.2) is 0 Å². The summed E-state index contributed by atoms with van der Waals surface area (Å²) in [5, 5.41) is 18.8. The molecular formula is C34H41ClN4O6S. The van der Waals surface area contributed by atoms with Crippen LogP contribution in [0.2, 0.25) is 5.02 Å². The maximum atomic E-state index is 13.6. The van der Waals surface area contributed by atoms with E-state index in [1.165, 1.54) is 0 Å². The first kappa shape index (κ1) is 32.5. The van der Waals surface area contributed by atoms with Crippen LogP contribution in [-0.4, -0.2) is 54.1 Å². The number of allylic oxidation sites excluding steroid dienone is 1. The molecule has 0 radical (unpaired) electrons. The number of fused-ring (bicyclic) bond motifs is 3. The quantitative estimate of drug-likeness (QED) is 0.345. The molecule has 246 valence electrons. The highest BCUT2D eigenvalue weighted by Crippen LogP contribution is 2.41. The highest BCUT2D eigenvalue weighted by Gasteiger charge is 2.37. The summed E-state index contributed by atoms with van der Waals surface area (Å²) in [6, 6.07) is 11.0. The summed E-state index contributed by atoms with van der Waals surface area (Å²) in [4.78, 5) is 15.8. The van der Waals surface area contributed by atoms with E-state index in [0.29, 0.717) is 42.1 Å². The summed E-state index contributed by atoms with van der Waals surface area (Å²) >= 11 is 6.32. The minimum atomic E-state index is -4.08. The monoisotopic (exact) mass is 668 g/mol. The number of carbonyl (C=O) groups excluding carboxylic acids is 1. The summed E-state index contributed by atoms with van der Waals surface area (Å²) in [7, 11) is -4.08. The average Bonchev–Trinajstić information content (AvgIpc) is 3.41. The second-order valence-electron chi connectivity index (χ2n) is 12.6. The van der Waals surface area contributed by atoms with E-state index in [4.69, 9.17) is 20.8 Å². The number of hydrogen-bond acceptors (Lipinski definition) is 9. The average molecular weight is 669 g/mol. The number of sulfonamides is 1. The molecule has 0 spiro atoms. The molecule has 0 saturated heterocycles. The second-order valence-corrected chi connectivity index (χ2v) is 15.0. The van der Waals surface area contributed by atoms with E-state index in [9.17, 15) is 18.3 Å². The molecule has 2 aromatic carbocycles. The van der Waals surface area contributed by atoms with Crippen LogP contribution in [-0.2, 0) is 29.5 Å². The predicted molar refractivity (Wildman–Crippen MR) is 176 cm³/mol. The molecule has 1 amide bonds. The molecule has 2 N–H and O–H groups in total. The number of carbonyl (C=O) groups is 1. The van der Waals surface area contributed by atoms with E-state index >= 15 is 0 Å². The van der Waals surface area contributed by atoms with Gasteiger partial charge in [-0.3, -0.25) is 4.79 Å². The number of aliphatic hydroxyl groups excluding tert-OH is 1. The number of rotatable bonds is 3. The fourth-order valence-corrected chi connectivity index (χ4v) is 8.36. The fourth-order valence-electron chi connectivity index (χ4n) is 6.74. The number of aliphatic hydroxyl groups is 1. The van der Waals surface area contributed by atoms with Crippen molar-refractivity contribution in [3.8, 4) is 5.75 Å². The second kappa shape index (κ2) is 14.1. The van der Waals surface area contributed by atoms with E-state index in [-0.39, 0.29) is 36.7 Å². The highest BCUT2D eigenvalue weighted by atomic mass is 35.5. The first-order valence-corrected chi connectivity index (χ1v) is 18.1. The first-order valence-electron chi connectivity index (χ1n) is 16.1. The molecule has 6 rings (SSSR count). The van der Waals surface area contributed by atoms with Crippen molar-refractivity contribution in [2.45, 2.75) is 82.7 Å². The number of nitrogens with zero attached hydrogens (tertiary/aromatic N) is 3. The standard InChI is InChI=1S/C34H41ClN4O6S/c1-22-36-37-33(45-22)16-13-28-7-2-3-8-31(40)29-14-10-25(29)20-39-17-5-4-6-23-18-27(35)12-9-26(23)21-44-32-15-11-24(19-30(32)39)34(41)38-46(28,42)43/h3,8-9,11-12,15,18-19,25,28-29,31,40H,2,4-7,10,13-14,16-17,20-21H2,1H3,(H,38,41)/b8-3+/t25-,28?,29+,31-/m0/s1. The van der Waals surface area contributed by atoms with Gasteiger partial charge in [0.05, 0.1) is 17.0 Å². The molecule has 1 aliphatic carbocycles. The summed E-state index contributed by atoms with van der Waals surface area (Å²) in [6.45, 7) is 3.44. The lowest BCUT2D eigenvalue weighted by Gasteiger charge is -2.42. The summed E-state index contributed by atoms with van der Waals surface area (Å²) in [5.41, 5.74) is 3.20. The Morgan fingerprint density at radius 3 is 2.74 bits per heavy atom. The maximum absolute atomic E-state index is 13.6. The van der Waals surface area contributed by atoms with Gasteiger partial charge in [0, 0.05) is 37.0 Å². The smallest absolute Gasteiger partial charge is 0.264 e. The number of anilines is 1. The number of aryl methyl sites for hydroxylation is 3. The summed E-state index contributed by atoms with van der Waals surface area (Å²) in [6.07, 6.45) is 8.85. The minimum Gasteiger partial charge on any atom is -0.487 e. The normalized spacial score (nSPS) is 25.9. The Balaban J connectivity index is 1.33. The molecule has 12 heteroatoms. The first-order chi connectivity index (χ1) is 22.2. The molecule has 2 aliphatic heterocycles. The van der Waals surface area contributed by atoms with Crippen LogP contribution >= 0.6 is 11.6 Å². The van der Waals surface area contributed by atoms with Crippen molar-refractivity contribution < 1.29 is 27.5 Å². The molecule has 3 aliphatic rings. The van der Waals surface area contributed by atoms with Gasteiger partial charge in [-0.15, -0.1) is 10.2 Å². The van der Waals surface area contributed by atoms with Gasteiger partial charge in [-0.25, -0.2) is 13.1 Å². The Morgan fingerprint density at radius 2 is 1.96 bits per heavy atom. The molecule has 46 heavy (non-hydrogen) atoms. The van der Waals surface area contributed by atoms with Crippen LogP contribution in [0.5, 0.6) is 5.75 Å². The van der Waals surface area contributed by atoms with E-state index in [1.54, 1.807) is 31.2 Å². The van der Waals surface area contributed by atoms with E-state index in [1.807, 2.05) is 24.3 Å². The zero-order valence-electron chi connectivity index (χ0n) is 26.0. The number of amides is 1. The third kappa shape index (κ3) is 7.58. The third-order valence-corrected chi connectivity index (χ3v) is 11.6. The van der Waals surface area contributed by atoms with Gasteiger partial charge in [0.25, 0.3) is 5.91 Å². The maximum Gasteiger partial charge on any atom is 0.264 e. The van der Waals surface area contributed by atoms with Crippen LogP contribution in [0.25, 0.3) is 0 Å². The molecule has 10 nitrogen and oxygen atoms in total. The molecule has 3 aromatic rings. The lowest BCUT2D eigenvalue weighted by molar-refractivity contribution is 0.0461. The van der Waals surface area contributed by atoms with Crippen molar-refractivity contribution in [3.05, 3.63) is 82.0 Å². The summed E-state index contributed by atoms with van der Waals surface area (Å²) in [5.74, 6) is 1.06. The number of benzene rings is 2. The zero-order valence-corrected chi connectivity index (χ0v) is 27.6. The zero-order chi connectivity index (χ0) is 32.3. The van der Waals surface area contributed by atoms with E-state index < -0.39 is 27.3 Å². The largest absolute Gasteiger partial charge is 0.487 e. The SMILES string of the molecule is Cc1nnc(CCC2CC/C=C/[C@H](O)[C@@H]3CC[C@H]3CN3CCCCc4cc(Cl)ccc4COc4ccc(cc43)C(=O)NS2(=O)=O)o1. The predicted octanol–water partition coefficient (Wildman–Crippen LogP) is 5.55. The van der Waals surface area contributed by atoms with E-state index in [2.05, 4.69) is 19.8 Å². The molecule has 1 unspecified atom stereocenters. The molecule has 1 fully saturated rings. The molecule has 2 bridgehead atoms. The van der Waals surface area contributed by atoms with Crippen molar-refractivity contribution >= 4 is 33.2 Å². The van der Waals surface area contributed by atoms with E-state index in [0.717, 1.165) is 55.5 Å². The number of halogens is 1. The topological polar surface area (TPSA) is 135 Å². The Labute approximate surface area is 275 Å².